The third kappa shape index (κ3) is 2.63. The molecule has 0 aromatic heterocycles. The van der Waals surface area contributed by atoms with Crippen LogP contribution < -0.4 is 0 Å². The van der Waals surface area contributed by atoms with Crippen LogP contribution in [-0.4, -0.2) is 0 Å². The molecule has 0 spiro atoms. The second-order valence-corrected chi connectivity index (χ2v) is 7.66. The molecule has 0 N–H and O–H groups in total. The Morgan fingerprint density at radius 1 is 0.750 bits per heavy atom. The van der Waals surface area contributed by atoms with Crippen LogP contribution in [0.3, 0.4) is 0 Å². The fourth-order valence-corrected chi connectivity index (χ4v) is 2.59. The molecule has 1 unspecified atom stereocenters. The van der Waals surface area contributed by atoms with Crippen LogP contribution in [0.15, 0.2) is 0 Å². The lowest BCUT2D eigenvalue weighted by Crippen LogP contribution is -2.46. The minimum absolute atomic E-state index is 0.362. The highest BCUT2D eigenvalue weighted by Gasteiger charge is 2.47. The summed E-state index contributed by atoms with van der Waals surface area (Å²) in [6, 6.07) is 0. The van der Waals surface area contributed by atoms with E-state index in [-0.39, 0.29) is 0 Å². The quantitative estimate of drug-likeness (QED) is 0.558. The summed E-state index contributed by atoms with van der Waals surface area (Å²) in [4.78, 5) is 0. The van der Waals surface area contributed by atoms with Crippen molar-refractivity contribution in [2.24, 2.45) is 28.1 Å². The maximum absolute atomic E-state index is 2.45. The van der Waals surface area contributed by atoms with Crippen LogP contribution in [0, 0.1) is 28.1 Å². The molecule has 16 heavy (non-hydrogen) atoms. The fourth-order valence-electron chi connectivity index (χ4n) is 2.59. The van der Waals surface area contributed by atoms with Crippen molar-refractivity contribution in [1.29, 1.82) is 0 Å². The normalized spacial score (nSPS) is 16.7. The van der Waals surface area contributed by atoms with E-state index in [0.717, 1.165) is 11.8 Å². The molecule has 98 valence electrons. The number of hydrogen-bond acceptors (Lipinski definition) is 0. The zero-order valence-electron chi connectivity index (χ0n) is 13.4. The highest BCUT2D eigenvalue weighted by Crippen LogP contribution is 2.54. The molecule has 0 saturated carbocycles. The highest BCUT2D eigenvalue weighted by molar-refractivity contribution is 4.95. The minimum Gasteiger partial charge on any atom is -0.0649 e. The fraction of sp³-hybridized carbons (Fsp3) is 1.00. The molecular formula is C16H34. The molecule has 0 heterocycles. The summed E-state index contributed by atoms with van der Waals surface area (Å²) in [7, 11) is 0. The summed E-state index contributed by atoms with van der Waals surface area (Å²) in [5, 5.41) is 0. The van der Waals surface area contributed by atoms with Crippen molar-refractivity contribution in [1.82, 2.24) is 0 Å². The third-order valence-corrected chi connectivity index (χ3v) is 6.27. The van der Waals surface area contributed by atoms with Gasteiger partial charge in [0.15, 0.2) is 0 Å². The first-order valence-electron chi connectivity index (χ1n) is 6.91. The standard InChI is InChI=1S/C16H34/c1-11-14(5,6)13(4)16(9,10)15(7,8)12(2)3/h12-13H,11H2,1-10H3. The topological polar surface area (TPSA) is 0 Å². The van der Waals surface area contributed by atoms with Crippen molar-refractivity contribution in [3.63, 3.8) is 0 Å². The van der Waals surface area contributed by atoms with E-state index in [1.54, 1.807) is 0 Å². The molecule has 0 aliphatic rings. The first-order chi connectivity index (χ1) is 6.91. The van der Waals surface area contributed by atoms with Crippen LogP contribution >= 0.6 is 0 Å². The molecule has 0 heteroatoms. The van der Waals surface area contributed by atoms with Crippen molar-refractivity contribution in [2.75, 3.05) is 0 Å². The maximum Gasteiger partial charge on any atom is -0.0270 e. The molecule has 0 amide bonds. The predicted molar refractivity (Wildman–Crippen MR) is 75.6 cm³/mol. The van der Waals surface area contributed by atoms with Gasteiger partial charge in [-0.05, 0) is 28.1 Å². The molecule has 0 saturated heterocycles. The van der Waals surface area contributed by atoms with E-state index in [1.807, 2.05) is 0 Å². The van der Waals surface area contributed by atoms with Crippen molar-refractivity contribution in [3.8, 4) is 0 Å². The lowest BCUT2D eigenvalue weighted by atomic mass is 9.52. The van der Waals surface area contributed by atoms with Gasteiger partial charge in [0.1, 0.15) is 0 Å². The average Bonchev–Trinajstić information content (AvgIpc) is 2.15. The van der Waals surface area contributed by atoms with Crippen molar-refractivity contribution < 1.29 is 0 Å². The summed E-state index contributed by atoms with van der Waals surface area (Å²) in [5.41, 5.74) is 1.16. The third-order valence-electron chi connectivity index (χ3n) is 6.27. The van der Waals surface area contributed by atoms with Crippen molar-refractivity contribution >= 4 is 0 Å². The van der Waals surface area contributed by atoms with Gasteiger partial charge in [0.2, 0.25) is 0 Å². The Bertz CT molecular complexity index is 218. The molecule has 1 atom stereocenters. The van der Waals surface area contributed by atoms with E-state index < -0.39 is 0 Å². The molecule has 0 aliphatic carbocycles. The van der Waals surface area contributed by atoms with Crippen molar-refractivity contribution in [2.45, 2.75) is 75.7 Å². The van der Waals surface area contributed by atoms with Crippen LogP contribution in [0.5, 0.6) is 0 Å². The van der Waals surface area contributed by atoms with E-state index >= 15 is 0 Å². The molecule has 0 nitrogen and oxygen atoms in total. The highest BCUT2D eigenvalue weighted by atomic mass is 14.5. The molecule has 0 aromatic carbocycles. The van der Waals surface area contributed by atoms with E-state index in [2.05, 4.69) is 69.2 Å². The van der Waals surface area contributed by atoms with Gasteiger partial charge in [-0.2, -0.15) is 0 Å². The zero-order valence-corrected chi connectivity index (χ0v) is 13.4. The van der Waals surface area contributed by atoms with Gasteiger partial charge in [0.25, 0.3) is 0 Å². The first kappa shape index (κ1) is 16.0. The maximum atomic E-state index is 2.45. The van der Waals surface area contributed by atoms with E-state index in [1.165, 1.54) is 6.42 Å². The summed E-state index contributed by atoms with van der Waals surface area (Å²) >= 11 is 0. The smallest absolute Gasteiger partial charge is 0.0270 e. The van der Waals surface area contributed by atoms with Gasteiger partial charge >= 0.3 is 0 Å². The largest absolute Gasteiger partial charge is 0.0649 e. The Balaban J connectivity index is 5.21. The molecule has 0 radical (unpaired) electrons. The van der Waals surface area contributed by atoms with Crippen LogP contribution in [0.2, 0.25) is 0 Å². The van der Waals surface area contributed by atoms with Gasteiger partial charge in [-0.3, -0.25) is 0 Å². The summed E-state index contributed by atoms with van der Waals surface area (Å²) < 4.78 is 0. The Hall–Kier alpha value is 0. The van der Waals surface area contributed by atoms with E-state index in [9.17, 15) is 0 Å². The molecular weight excluding hydrogens is 192 g/mol. The Kier molecular flexibility index (Phi) is 4.70. The second kappa shape index (κ2) is 4.70. The van der Waals surface area contributed by atoms with Gasteiger partial charge in [0.05, 0.1) is 0 Å². The monoisotopic (exact) mass is 226 g/mol. The van der Waals surface area contributed by atoms with Gasteiger partial charge in [0, 0.05) is 0 Å². The summed E-state index contributed by atoms with van der Waals surface area (Å²) in [6.07, 6.45) is 1.26. The van der Waals surface area contributed by atoms with Crippen LogP contribution in [0.25, 0.3) is 0 Å². The lowest BCUT2D eigenvalue weighted by Gasteiger charge is -2.53. The lowest BCUT2D eigenvalue weighted by molar-refractivity contribution is -0.0435. The second-order valence-electron chi connectivity index (χ2n) is 7.66. The summed E-state index contributed by atoms with van der Waals surface area (Å²) in [5.74, 6) is 1.44. The van der Waals surface area contributed by atoms with Gasteiger partial charge < -0.3 is 0 Å². The van der Waals surface area contributed by atoms with Crippen LogP contribution in [0.1, 0.15) is 75.7 Å². The molecule has 0 aliphatic heterocycles. The minimum atomic E-state index is 0.362. The molecule has 0 rings (SSSR count). The van der Waals surface area contributed by atoms with Gasteiger partial charge in [-0.25, -0.2) is 0 Å². The Morgan fingerprint density at radius 2 is 1.12 bits per heavy atom. The van der Waals surface area contributed by atoms with Gasteiger partial charge in [-0.1, -0.05) is 75.7 Å². The molecule has 0 fully saturated rings. The summed E-state index contributed by atoms with van der Waals surface area (Å²) in [6.45, 7) is 24.1. The Labute approximate surface area is 104 Å². The van der Waals surface area contributed by atoms with Crippen LogP contribution in [0.4, 0.5) is 0 Å². The predicted octanol–water partition coefficient (Wildman–Crippen LogP) is 5.77. The number of rotatable bonds is 5. The average molecular weight is 226 g/mol. The number of hydrogen-bond donors (Lipinski definition) is 0. The van der Waals surface area contributed by atoms with Crippen molar-refractivity contribution in [3.05, 3.63) is 0 Å². The van der Waals surface area contributed by atoms with E-state index in [4.69, 9.17) is 0 Å². The SMILES string of the molecule is CCC(C)(C)C(C)C(C)(C)C(C)(C)C(C)C. The van der Waals surface area contributed by atoms with E-state index in [0.29, 0.717) is 16.2 Å². The first-order valence-corrected chi connectivity index (χ1v) is 6.91. The van der Waals surface area contributed by atoms with Crippen LogP contribution in [-0.2, 0) is 0 Å². The zero-order chi connectivity index (χ0) is 13.4. The Morgan fingerprint density at radius 3 is 1.38 bits per heavy atom. The molecule has 0 aromatic rings. The molecule has 0 bridgehead atoms. The van der Waals surface area contributed by atoms with Gasteiger partial charge in [-0.15, -0.1) is 0 Å².